The Kier molecular flexibility index (Phi) is 4.38. The minimum absolute atomic E-state index is 0.155. The van der Waals surface area contributed by atoms with Crippen molar-refractivity contribution in [1.82, 2.24) is 5.32 Å². The first-order chi connectivity index (χ1) is 7.19. The molecule has 0 aliphatic heterocycles. The number of nitrogens with two attached hydrogens (primary N) is 1. The Bertz CT molecular complexity index is 338. The molecule has 5 nitrogen and oxygen atoms in total. The molecule has 1 rings (SSSR count). The monoisotopic (exact) mass is 229 g/mol. The number of hydrogen-bond acceptors (Lipinski definition) is 5. The van der Waals surface area contributed by atoms with E-state index in [1.165, 1.54) is 11.3 Å². The maximum Gasteiger partial charge on any atom is 0.263 e. The number of carbonyl (C=O) groups is 1. The van der Waals surface area contributed by atoms with E-state index in [0.717, 1.165) is 5.00 Å². The molecule has 0 bridgehead atoms. The molecule has 0 fully saturated rings. The minimum atomic E-state index is -0.155. The zero-order chi connectivity index (χ0) is 11.3. The second-order valence-electron chi connectivity index (χ2n) is 2.89. The molecule has 4 N–H and O–H groups in total. The highest BCUT2D eigenvalue weighted by atomic mass is 32.1. The average Bonchev–Trinajstić information content (AvgIpc) is 2.59. The summed E-state index contributed by atoms with van der Waals surface area (Å²) in [6.07, 6.45) is 0. The van der Waals surface area contributed by atoms with Crippen LogP contribution in [0.4, 0.5) is 10.7 Å². The van der Waals surface area contributed by atoms with Crippen LogP contribution < -0.4 is 16.4 Å². The molecular formula is C9H15N3O2S. The summed E-state index contributed by atoms with van der Waals surface area (Å²) in [6, 6.07) is 1.75. The van der Waals surface area contributed by atoms with Gasteiger partial charge in [0.2, 0.25) is 0 Å². The number of anilines is 2. The fourth-order valence-corrected chi connectivity index (χ4v) is 2.01. The molecule has 1 aromatic rings. The predicted molar refractivity (Wildman–Crippen MR) is 62.5 cm³/mol. The lowest BCUT2D eigenvalue weighted by Crippen LogP contribution is -2.17. The Balaban J connectivity index is 2.64. The Hall–Kier alpha value is -1.27. The molecule has 0 aliphatic rings. The van der Waals surface area contributed by atoms with Gasteiger partial charge in [0, 0.05) is 20.7 Å². The molecule has 1 heterocycles. The molecule has 0 saturated heterocycles. The van der Waals surface area contributed by atoms with Crippen LogP contribution in [-0.4, -0.2) is 33.2 Å². The minimum Gasteiger partial charge on any atom is -0.397 e. The number of nitrogen functional groups attached to an aromatic ring is 1. The van der Waals surface area contributed by atoms with Gasteiger partial charge in [-0.25, -0.2) is 0 Å². The number of thiophene rings is 1. The second kappa shape index (κ2) is 5.57. The fourth-order valence-electron chi connectivity index (χ4n) is 1.06. The third-order valence-electron chi connectivity index (χ3n) is 1.80. The van der Waals surface area contributed by atoms with Crippen molar-refractivity contribution in [2.75, 3.05) is 38.4 Å². The highest BCUT2D eigenvalue weighted by Gasteiger charge is 2.12. The summed E-state index contributed by atoms with van der Waals surface area (Å²) in [5.41, 5.74) is 6.20. The van der Waals surface area contributed by atoms with Gasteiger partial charge < -0.3 is 21.1 Å². The lowest BCUT2D eigenvalue weighted by molar-refractivity contribution is 0.0968. The summed E-state index contributed by atoms with van der Waals surface area (Å²) < 4.78 is 4.90. The lowest BCUT2D eigenvalue weighted by atomic mass is 10.4. The SMILES string of the molecule is CNC(=O)c1sc(NCCOC)cc1N. The quantitative estimate of drug-likeness (QED) is 0.651. The van der Waals surface area contributed by atoms with Gasteiger partial charge in [0.05, 0.1) is 17.3 Å². The van der Waals surface area contributed by atoms with E-state index >= 15 is 0 Å². The summed E-state index contributed by atoms with van der Waals surface area (Å²) in [7, 11) is 3.22. The van der Waals surface area contributed by atoms with Crippen LogP contribution in [0.15, 0.2) is 6.07 Å². The number of amides is 1. The maximum atomic E-state index is 11.3. The van der Waals surface area contributed by atoms with Crippen LogP contribution in [0.25, 0.3) is 0 Å². The van der Waals surface area contributed by atoms with Crippen LogP contribution >= 0.6 is 11.3 Å². The third kappa shape index (κ3) is 3.10. The zero-order valence-electron chi connectivity index (χ0n) is 8.79. The van der Waals surface area contributed by atoms with E-state index in [1.807, 2.05) is 0 Å². The standard InChI is InChI=1S/C9H15N3O2S/c1-11-9(13)8-6(10)5-7(15-8)12-3-4-14-2/h5,12H,3-4,10H2,1-2H3,(H,11,13). The highest BCUT2D eigenvalue weighted by Crippen LogP contribution is 2.28. The van der Waals surface area contributed by atoms with Gasteiger partial charge in [0.1, 0.15) is 4.88 Å². The van der Waals surface area contributed by atoms with E-state index in [2.05, 4.69) is 10.6 Å². The summed E-state index contributed by atoms with van der Waals surface area (Å²) in [5, 5.41) is 6.54. The molecule has 15 heavy (non-hydrogen) atoms. The molecule has 0 unspecified atom stereocenters. The zero-order valence-corrected chi connectivity index (χ0v) is 9.61. The number of methoxy groups -OCH3 is 1. The van der Waals surface area contributed by atoms with E-state index in [1.54, 1.807) is 20.2 Å². The van der Waals surface area contributed by atoms with Gasteiger partial charge in [-0.15, -0.1) is 11.3 Å². The van der Waals surface area contributed by atoms with Crippen LogP contribution in [0.3, 0.4) is 0 Å². The van der Waals surface area contributed by atoms with Crippen molar-refractivity contribution in [3.05, 3.63) is 10.9 Å². The molecule has 84 valence electrons. The Morgan fingerprint density at radius 2 is 2.40 bits per heavy atom. The van der Waals surface area contributed by atoms with Gasteiger partial charge in [-0.3, -0.25) is 4.79 Å². The predicted octanol–water partition coefficient (Wildman–Crippen LogP) is 0.748. The van der Waals surface area contributed by atoms with Gasteiger partial charge in [0.25, 0.3) is 5.91 Å². The Morgan fingerprint density at radius 1 is 1.67 bits per heavy atom. The van der Waals surface area contributed by atoms with Crippen molar-refractivity contribution in [3.8, 4) is 0 Å². The van der Waals surface area contributed by atoms with E-state index in [9.17, 15) is 4.79 Å². The van der Waals surface area contributed by atoms with Crippen molar-refractivity contribution >= 4 is 27.9 Å². The molecule has 0 aromatic carbocycles. The molecular weight excluding hydrogens is 214 g/mol. The average molecular weight is 229 g/mol. The smallest absolute Gasteiger partial charge is 0.263 e. The molecule has 0 saturated carbocycles. The Labute approximate surface area is 92.6 Å². The van der Waals surface area contributed by atoms with Crippen LogP contribution in [0.2, 0.25) is 0 Å². The summed E-state index contributed by atoms with van der Waals surface area (Å²) in [4.78, 5) is 11.9. The number of hydrogen-bond donors (Lipinski definition) is 3. The number of ether oxygens (including phenoxy) is 1. The first-order valence-corrected chi connectivity index (χ1v) is 5.35. The largest absolute Gasteiger partial charge is 0.397 e. The van der Waals surface area contributed by atoms with Crippen molar-refractivity contribution in [2.45, 2.75) is 0 Å². The molecule has 1 aromatic heterocycles. The number of nitrogens with one attached hydrogen (secondary N) is 2. The van der Waals surface area contributed by atoms with Crippen molar-refractivity contribution in [3.63, 3.8) is 0 Å². The van der Waals surface area contributed by atoms with E-state index in [-0.39, 0.29) is 5.91 Å². The number of carbonyl (C=O) groups excluding carboxylic acids is 1. The molecule has 0 atom stereocenters. The normalized spacial score (nSPS) is 10.0. The van der Waals surface area contributed by atoms with Gasteiger partial charge in [-0.05, 0) is 6.07 Å². The van der Waals surface area contributed by atoms with Gasteiger partial charge in [-0.2, -0.15) is 0 Å². The first-order valence-electron chi connectivity index (χ1n) is 4.53. The molecule has 6 heteroatoms. The molecule has 0 radical (unpaired) electrons. The van der Waals surface area contributed by atoms with E-state index < -0.39 is 0 Å². The van der Waals surface area contributed by atoms with Crippen molar-refractivity contribution < 1.29 is 9.53 Å². The summed E-state index contributed by atoms with van der Waals surface area (Å²) >= 11 is 1.34. The highest BCUT2D eigenvalue weighted by molar-refractivity contribution is 7.18. The van der Waals surface area contributed by atoms with Crippen molar-refractivity contribution in [2.24, 2.45) is 0 Å². The van der Waals surface area contributed by atoms with Gasteiger partial charge in [-0.1, -0.05) is 0 Å². The maximum absolute atomic E-state index is 11.3. The van der Waals surface area contributed by atoms with Crippen molar-refractivity contribution in [1.29, 1.82) is 0 Å². The van der Waals surface area contributed by atoms with Gasteiger partial charge >= 0.3 is 0 Å². The lowest BCUT2D eigenvalue weighted by Gasteiger charge is -2.00. The van der Waals surface area contributed by atoms with E-state index in [4.69, 9.17) is 10.5 Å². The van der Waals surface area contributed by atoms with E-state index in [0.29, 0.717) is 23.7 Å². The van der Waals surface area contributed by atoms with Crippen LogP contribution in [-0.2, 0) is 4.74 Å². The first kappa shape index (κ1) is 11.8. The van der Waals surface area contributed by atoms with Crippen LogP contribution in [0, 0.1) is 0 Å². The Morgan fingerprint density at radius 3 is 3.00 bits per heavy atom. The topological polar surface area (TPSA) is 76.4 Å². The summed E-state index contributed by atoms with van der Waals surface area (Å²) in [6.45, 7) is 1.32. The molecule has 0 spiro atoms. The molecule has 0 aliphatic carbocycles. The second-order valence-corrected chi connectivity index (χ2v) is 3.95. The van der Waals surface area contributed by atoms with Crippen LogP contribution in [0.5, 0.6) is 0 Å². The molecule has 1 amide bonds. The third-order valence-corrected chi connectivity index (χ3v) is 2.91. The fraction of sp³-hybridized carbons (Fsp3) is 0.444. The number of rotatable bonds is 5. The van der Waals surface area contributed by atoms with Crippen LogP contribution in [0.1, 0.15) is 9.67 Å². The summed E-state index contributed by atoms with van der Waals surface area (Å²) in [5.74, 6) is -0.155. The van der Waals surface area contributed by atoms with Gasteiger partial charge in [0.15, 0.2) is 0 Å².